The number of hydrogen-bond acceptors (Lipinski definition) is 5. The Morgan fingerprint density at radius 2 is 2.11 bits per heavy atom. The molecule has 0 bridgehead atoms. The van der Waals surface area contributed by atoms with Gasteiger partial charge in [-0.3, -0.25) is 4.18 Å². The number of morpholine rings is 1. The lowest BCUT2D eigenvalue weighted by Crippen LogP contribution is -2.39. The van der Waals surface area contributed by atoms with E-state index in [1.807, 2.05) is 0 Å². The Labute approximate surface area is 107 Å². The van der Waals surface area contributed by atoms with Crippen LogP contribution in [-0.2, 0) is 19.0 Å². The molecule has 1 unspecified atom stereocenters. The highest BCUT2D eigenvalue weighted by molar-refractivity contribution is 7.86. The lowest BCUT2D eigenvalue weighted by molar-refractivity contribution is 0.0164. The molecule has 0 radical (unpaired) electrons. The van der Waals surface area contributed by atoms with Crippen LogP contribution in [0.15, 0.2) is 35.2 Å². The fourth-order valence-corrected chi connectivity index (χ4v) is 2.69. The first-order valence-corrected chi connectivity index (χ1v) is 7.36. The average Bonchev–Trinajstić information content (AvgIpc) is 2.41. The molecule has 5 nitrogen and oxygen atoms in total. The van der Waals surface area contributed by atoms with Crippen molar-refractivity contribution in [2.24, 2.45) is 0 Å². The molecular weight excluding hydrogens is 254 g/mol. The Bertz CT molecular complexity index is 454. The second kappa shape index (κ2) is 6.29. The molecule has 1 heterocycles. The molecule has 1 atom stereocenters. The van der Waals surface area contributed by atoms with Crippen molar-refractivity contribution in [2.75, 3.05) is 26.3 Å². The maximum Gasteiger partial charge on any atom is 0.296 e. The van der Waals surface area contributed by atoms with E-state index >= 15 is 0 Å². The molecule has 100 valence electrons. The Hall–Kier alpha value is -0.950. The van der Waals surface area contributed by atoms with Crippen molar-refractivity contribution in [1.82, 2.24) is 5.32 Å². The number of rotatable bonds is 5. The molecule has 1 aliphatic heterocycles. The number of nitrogens with one attached hydrogen (secondary N) is 1. The zero-order valence-electron chi connectivity index (χ0n) is 10.0. The molecular formula is C12H17NO4S. The molecule has 2 rings (SSSR count). The molecule has 18 heavy (non-hydrogen) atoms. The molecule has 1 aliphatic rings. The van der Waals surface area contributed by atoms with Crippen molar-refractivity contribution in [3.8, 4) is 0 Å². The largest absolute Gasteiger partial charge is 0.375 e. The molecule has 1 aromatic carbocycles. The molecule has 1 N–H and O–H groups in total. The maximum atomic E-state index is 11.8. The van der Waals surface area contributed by atoms with Crippen LogP contribution in [-0.4, -0.2) is 40.8 Å². The van der Waals surface area contributed by atoms with Gasteiger partial charge in [-0.1, -0.05) is 18.2 Å². The number of benzene rings is 1. The second-order valence-electron chi connectivity index (χ2n) is 4.07. The molecule has 0 saturated carbocycles. The van der Waals surface area contributed by atoms with Crippen LogP contribution in [0.25, 0.3) is 0 Å². The van der Waals surface area contributed by atoms with Crippen molar-refractivity contribution in [3.63, 3.8) is 0 Å². The summed E-state index contributed by atoms with van der Waals surface area (Å²) in [5.74, 6) is 0. The van der Waals surface area contributed by atoms with Gasteiger partial charge in [-0.25, -0.2) is 0 Å². The van der Waals surface area contributed by atoms with Crippen LogP contribution in [0.2, 0.25) is 0 Å². The van der Waals surface area contributed by atoms with Crippen LogP contribution in [0.5, 0.6) is 0 Å². The first-order chi connectivity index (χ1) is 8.68. The number of ether oxygens (including phenoxy) is 1. The van der Waals surface area contributed by atoms with Crippen LogP contribution in [0.4, 0.5) is 0 Å². The smallest absolute Gasteiger partial charge is 0.296 e. The van der Waals surface area contributed by atoms with Crippen molar-refractivity contribution >= 4 is 10.1 Å². The Balaban J connectivity index is 1.82. The van der Waals surface area contributed by atoms with Crippen LogP contribution in [0, 0.1) is 0 Å². The second-order valence-corrected chi connectivity index (χ2v) is 5.69. The zero-order valence-corrected chi connectivity index (χ0v) is 10.9. The highest BCUT2D eigenvalue weighted by Gasteiger charge is 2.17. The van der Waals surface area contributed by atoms with E-state index < -0.39 is 10.1 Å². The fraction of sp³-hybridized carbons (Fsp3) is 0.500. The minimum absolute atomic E-state index is 0.0322. The summed E-state index contributed by atoms with van der Waals surface area (Å²) in [6.07, 6.45) is 0.601. The Morgan fingerprint density at radius 1 is 1.33 bits per heavy atom. The molecule has 0 aliphatic carbocycles. The van der Waals surface area contributed by atoms with E-state index in [9.17, 15) is 8.42 Å². The maximum absolute atomic E-state index is 11.8. The third-order valence-electron chi connectivity index (χ3n) is 2.71. The normalized spacial score (nSPS) is 20.8. The van der Waals surface area contributed by atoms with E-state index in [1.54, 1.807) is 18.2 Å². The van der Waals surface area contributed by atoms with Gasteiger partial charge in [0.2, 0.25) is 0 Å². The van der Waals surface area contributed by atoms with E-state index in [2.05, 4.69) is 5.32 Å². The summed E-state index contributed by atoms with van der Waals surface area (Å²) < 4.78 is 34.0. The third-order valence-corrected chi connectivity index (χ3v) is 4.04. The van der Waals surface area contributed by atoms with Crippen LogP contribution in [0.3, 0.4) is 0 Å². The van der Waals surface area contributed by atoms with Gasteiger partial charge in [-0.2, -0.15) is 8.42 Å². The predicted molar refractivity (Wildman–Crippen MR) is 66.8 cm³/mol. The summed E-state index contributed by atoms with van der Waals surface area (Å²) in [6.45, 7) is 2.40. The summed E-state index contributed by atoms with van der Waals surface area (Å²) >= 11 is 0. The van der Waals surface area contributed by atoms with Gasteiger partial charge in [0.1, 0.15) is 0 Å². The summed E-state index contributed by atoms with van der Waals surface area (Å²) in [7, 11) is -3.64. The molecule has 1 saturated heterocycles. The zero-order chi connectivity index (χ0) is 12.8. The predicted octanol–water partition coefficient (Wildman–Crippen LogP) is 0.770. The Kier molecular flexibility index (Phi) is 4.71. The molecule has 1 fully saturated rings. The van der Waals surface area contributed by atoms with E-state index in [1.165, 1.54) is 12.1 Å². The Morgan fingerprint density at radius 3 is 2.78 bits per heavy atom. The highest BCUT2D eigenvalue weighted by Crippen LogP contribution is 2.12. The fourth-order valence-electron chi connectivity index (χ4n) is 1.75. The van der Waals surface area contributed by atoms with Gasteiger partial charge in [0, 0.05) is 13.1 Å². The summed E-state index contributed by atoms with van der Waals surface area (Å²) in [6, 6.07) is 8.15. The topological polar surface area (TPSA) is 64.6 Å². The van der Waals surface area contributed by atoms with Crippen molar-refractivity contribution in [1.29, 1.82) is 0 Å². The highest BCUT2D eigenvalue weighted by atomic mass is 32.2. The molecule has 0 spiro atoms. The summed E-state index contributed by atoms with van der Waals surface area (Å²) in [5, 5.41) is 3.18. The van der Waals surface area contributed by atoms with Crippen LogP contribution < -0.4 is 5.32 Å². The first kappa shape index (κ1) is 13.5. The lowest BCUT2D eigenvalue weighted by Gasteiger charge is -2.23. The van der Waals surface area contributed by atoms with Crippen molar-refractivity contribution < 1.29 is 17.3 Å². The van der Waals surface area contributed by atoms with Gasteiger partial charge >= 0.3 is 0 Å². The van der Waals surface area contributed by atoms with Crippen molar-refractivity contribution in [2.45, 2.75) is 17.4 Å². The summed E-state index contributed by atoms with van der Waals surface area (Å²) in [5.41, 5.74) is 0. The molecule has 1 aromatic rings. The van der Waals surface area contributed by atoms with Gasteiger partial charge in [0.05, 0.1) is 24.2 Å². The van der Waals surface area contributed by atoms with Gasteiger partial charge in [0.25, 0.3) is 10.1 Å². The lowest BCUT2D eigenvalue weighted by atomic mass is 10.2. The molecule has 0 aromatic heterocycles. The van der Waals surface area contributed by atoms with Crippen LogP contribution >= 0.6 is 0 Å². The van der Waals surface area contributed by atoms with E-state index in [0.29, 0.717) is 13.0 Å². The van der Waals surface area contributed by atoms with Gasteiger partial charge in [-0.05, 0) is 18.6 Å². The molecule has 6 heteroatoms. The SMILES string of the molecule is O=S(=O)(OCCC1CNCCO1)c1ccccc1. The summed E-state index contributed by atoms with van der Waals surface area (Å²) in [4.78, 5) is 0.188. The minimum Gasteiger partial charge on any atom is -0.375 e. The average molecular weight is 271 g/mol. The molecule has 0 amide bonds. The number of hydrogen-bond donors (Lipinski definition) is 1. The van der Waals surface area contributed by atoms with Crippen LogP contribution in [0.1, 0.15) is 6.42 Å². The van der Waals surface area contributed by atoms with Gasteiger partial charge in [-0.15, -0.1) is 0 Å². The first-order valence-electron chi connectivity index (χ1n) is 5.95. The third kappa shape index (κ3) is 3.78. The van der Waals surface area contributed by atoms with Crippen molar-refractivity contribution in [3.05, 3.63) is 30.3 Å². The quantitative estimate of drug-likeness (QED) is 0.801. The van der Waals surface area contributed by atoms with E-state index in [0.717, 1.165) is 13.1 Å². The monoisotopic (exact) mass is 271 g/mol. The van der Waals surface area contributed by atoms with Gasteiger partial charge in [0.15, 0.2) is 0 Å². The van der Waals surface area contributed by atoms with E-state index in [4.69, 9.17) is 8.92 Å². The van der Waals surface area contributed by atoms with Gasteiger partial charge < -0.3 is 10.1 Å². The minimum atomic E-state index is -3.64. The van der Waals surface area contributed by atoms with E-state index in [-0.39, 0.29) is 17.6 Å². The standard InChI is InChI=1S/C12H17NO4S/c14-18(15,12-4-2-1-3-5-12)17-8-6-11-10-13-7-9-16-11/h1-5,11,13H,6-10H2.